The minimum atomic E-state index is -0.590. The van der Waals surface area contributed by atoms with Gasteiger partial charge in [0, 0.05) is 37.8 Å². The topological polar surface area (TPSA) is 97.6 Å². The lowest BCUT2D eigenvalue weighted by molar-refractivity contribution is -0.118. The first-order chi connectivity index (χ1) is 14.4. The van der Waals surface area contributed by atoms with Crippen LogP contribution < -0.4 is 15.0 Å². The molecule has 0 unspecified atom stereocenters. The molecule has 0 spiro atoms. The van der Waals surface area contributed by atoms with E-state index in [4.69, 9.17) is 9.15 Å². The van der Waals surface area contributed by atoms with Crippen molar-refractivity contribution in [3.05, 3.63) is 59.9 Å². The maximum atomic E-state index is 14.5. The molecule has 2 aromatic heterocycles. The van der Waals surface area contributed by atoms with Crippen LogP contribution in [0.5, 0.6) is 5.88 Å². The van der Waals surface area contributed by atoms with E-state index in [-0.39, 0.29) is 36.2 Å². The average molecular weight is 412 g/mol. The van der Waals surface area contributed by atoms with Crippen LogP contribution in [0.25, 0.3) is 11.5 Å². The van der Waals surface area contributed by atoms with Crippen LogP contribution in [0.15, 0.2) is 47.1 Å². The number of benzene rings is 1. The number of hydrogen-bond acceptors (Lipinski definition) is 6. The standard InChI is InChI=1S/C21H21FN4O4/c1-4-19(27)26(2)16-7-6-14(9-15(16)22)21-25-12-17(30-21)20(28)24-11-13-5-8-18(29-3)23-10-13/h5-10,12H,4,11H2,1-3H3,(H,24,28). The Balaban J connectivity index is 1.68. The van der Waals surface area contributed by atoms with E-state index in [1.165, 1.54) is 37.4 Å². The van der Waals surface area contributed by atoms with Gasteiger partial charge in [-0.05, 0) is 23.8 Å². The van der Waals surface area contributed by atoms with Gasteiger partial charge in [0.1, 0.15) is 5.82 Å². The van der Waals surface area contributed by atoms with Crippen LogP contribution >= 0.6 is 0 Å². The number of carbonyl (C=O) groups excluding carboxylic acids is 2. The Hall–Kier alpha value is -3.75. The molecule has 1 aromatic carbocycles. The molecule has 0 aliphatic heterocycles. The molecule has 0 aliphatic rings. The third kappa shape index (κ3) is 4.62. The molecule has 8 nitrogen and oxygen atoms in total. The van der Waals surface area contributed by atoms with E-state index in [9.17, 15) is 14.0 Å². The molecule has 3 rings (SSSR count). The zero-order valence-electron chi connectivity index (χ0n) is 16.8. The van der Waals surface area contributed by atoms with Crippen LogP contribution in [0.3, 0.4) is 0 Å². The van der Waals surface area contributed by atoms with Crippen molar-refractivity contribution < 1.29 is 23.1 Å². The first-order valence-electron chi connectivity index (χ1n) is 9.22. The lowest BCUT2D eigenvalue weighted by Crippen LogP contribution is -2.25. The molecule has 30 heavy (non-hydrogen) atoms. The van der Waals surface area contributed by atoms with Crippen LogP contribution in [-0.2, 0) is 11.3 Å². The van der Waals surface area contributed by atoms with Gasteiger partial charge in [-0.3, -0.25) is 9.59 Å². The van der Waals surface area contributed by atoms with Gasteiger partial charge in [-0.25, -0.2) is 14.4 Å². The van der Waals surface area contributed by atoms with E-state index in [0.29, 0.717) is 11.4 Å². The van der Waals surface area contributed by atoms with Gasteiger partial charge in [-0.2, -0.15) is 0 Å². The summed E-state index contributed by atoms with van der Waals surface area (Å²) in [4.78, 5) is 33.4. The lowest BCUT2D eigenvalue weighted by atomic mass is 10.2. The Bertz CT molecular complexity index is 1050. The summed E-state index contributed by atoms with van der Waals surface area (Å²) in [7, 11) is 3.03. The molecule has 0 radical (unpaired) electrons. The smallest absolute Gasteiger partial charge is 0.288 e. The van der Waals surface area contributed by atoms with Gasteiger partial charge in [0.15, 0.2) is 0 Å². The highest BCUT2D eigenvalue weighted by Gasteiger charge is 2.17. The fraction of sp³-hybridized carbons (Fsp3) is 0.238. The largest absolute Gasteiger partial charge is 0.481 e. The predicted octanol–water partition coefficient (Wildman–Crippen LogP) is 3.19. The molecule has 0 saturated heterocycles. The quantitative estimate of drug-likeness (QED) is 0.640. The molecule has 0 atom stereocenters. The number of amides is 2. The summed E-state index contributed by atoms with van der Waals surface area (Å²) in [5.74, 6) is -0.685. The minimum Gasteiger partial charge on any atom is -0.481 e. The summed E-state index contributed by atoms with van der Waals surface area (Å²) >= 11 is 0. The number of anilines is 1. The molecule has 156 valence electrons. The summed E-state index contributed by atoms with van der Waals surface area (Å²) in [6.07, 6.45) is 3.13. The number of rotatable bonds is 7. The first kappa shape index (κ1) is 21.0. The third-order valence-electron chi connectivity index (χ3n) is 4.42. The monoisotopic (exact) mass is 412 g/mol. The summed E-state index contributed by atoms with van der Waals surface area (Å²) in [5.41, 5.74) is 1.29. The zero-order valence-corrected chi connectivity index (χ0v) is 16.8. The molecule has 0 saturated carbocycles. The third-order valence-corrected chi connectivity index (χ3v) is 4.42. The van der Waals surface area contributed by atoms with Crippen LogP contribution in [-0.4, -0.2) is 35.9 Å². The summed E-state index contributed by atoms with van der Waals surface area (Å²) in [6, 6.07) is 7.73. The van der Waals surface area contributed by atoms with Gasteiger partial charge in [0.25, 0.3) is 5.91 Å². The maximum absolute atomic E-state index is 14.5. The van der Waals surface area contributed by atoms with Crippen LogP contribution in [0.4, 0.5) is 10.1 Å². The molecule has 0 fully saturated rings. The van der Waals surface area contributed by atoms with E-state index in [1.54, 1.807) is 31.3 Å². The minimum absolute atomic E-state index is 0.00534. The van der Waals surface area contributed by atoms with Crippen molar-refractivity contribution in [3.63, 3.8) is 0 Å². The summed E-state index contributed by atoms with van der Waals surface area (Å²) in [5, 5.41) is 2.70. The number of aromatic nitrogens is 2. The number of pyridine rings is 1. The second-order valence-electron chi connectivity index (χ2n) is 6.39. The number of nitrogens with zero attached hydrogens (tertiary/aromatic N) is 3. The molecule has 1 N–H and O–H groups in total. The van der Waals surface area contributed by atoms with E-state index in [1.807, 2.05) is 0 Å². The Labute approximate surface area is 172 Å². The van der Waals surface area contributed by atoms with Gasteiger partial charge >= 0.3 is 0 Å². The van der Waals surface area contributed by atoms with E-state index < -0.39 is 11.7 Å². The Morgan fingerprint density at radius 1 is 1.20 bits per heavy atom. The first-order valence-corrected chi connectivity index (χ1v) is 9.22. The average Bonchev–Trinajstić information content (AvgIpc) is 3.27. The van der Waals surface area contributed by atoms with Gasteiger partial charge in [-0.1, -0.05) is 13.0 Å². The van der Waals surface area contributed by atoms with Crippen molar-refractivity contribution >= 4 is 17.5 Å². The molecule has 2 heterocycles. The highest BCUT2D eigenvalue weighted by atomic mass is 19.1. The molecule has 9 heteroatoms. The molecular formula is C21H21FN4O4. The SMILES string of the molecule is CCC(=O)N(C)c1ccc(-c2ncc(C(=O)NCc3ccc(OC)nc3)o2)cc1F. The number of oxazole rings is 1. The Morgan fingerprint density at radius 2 is 2.00 bits per heavy atom. The molecule has 0 aliphatic carbocycles. The van der Waals surface area contributed by atoms with E-state index in [2.05, 4.69) is 15.3 Å². The molecule has 0 bridgehead atoms. The highest BCUT2D eigenvalue weighted by molar-refractivity contribution is 5.93. The van der Waals surface area contributed by atoms with Gasteiger partial charge in [0.2, 0.25) is 23.4 Å². The highest BCUT2D eigenvalue weighted by Crippen LogP contribution is 2.26. The van der Waals surface area contributed by atoms with Gasteiger partial charge in [-0.15, -0.1) is 0 Å². The number of carbonyl (C=O) groups is 2. The molecular weight excluding hydrogens is 391 g/mol. The fourth-order valence-corrected chi connectivity index (χ4v) is 2.70. The van der Waals surface area contributed by atoms with Crippen molar-refractivity contribution in [2.75, 3.05) is 19.1 Å². The number of halogens is 1. The lowest BCUT2D eigenvalue weighted by Gasteiger charge is -2.17. The fourth-order valence-electron chi connectivity index (χ4n) is 2.70. The maximum Gasteiger partial charge on any atom is 0.288 e. The second kappa shape index (κ2) is 9.17. The van der Waals surface area contributed by atoms with E-state index >= 15 is 0 Å². The van der Waals surface area contributed by atoms with Crippen molar-refractivity contribution in [3.8, 4) is 17.3 Å². The predicted molar refractivity (Wildman–Crippen MR) is 108 cm³/mol. The van der Waals surface area contributed by atoms with Crippen LogP contribution in [0.1, 0.15) is 29.5 Å². The number of ether oxygens (including phenoxy) is 1. The van der Waals surface area contributed by atoms with Crippen molar-refractivity contribution in [2.24, 2.45) is 0 Å². The summed E-state index contributed by atoms with van der Waals surface area (Å²) in [6.45, 7) is 1.95. The molecule has 2 amide bonds. The summed E-state index contributed by atoms with van der Waals surface area (Å²) < 4.78 is 24.9. The second-order valence-corrected chi connectivity index (χ2v) is 6.39. The van der Waals surface area contributed by atoms with Crippen molar-refractivity contribution in [1.29, 1.82) is 0 Å². The van der Waals surface area contributed by atoms with Crippen molar-refractivity contribution in [1.82, 2.24) is 15.3 Å². The number of nitrogens with one attached hydrogen (secondary N) is 1. The zero-order chi connectivity index (χ0) is 21.7. The number of methoxy groups -OCH3 is 1. The van der Waals surface area contributed by atoms with Gasteiger partial charge in [0.05, 0.1) is 19.0 Å². The van der Waals surface area contributed by atoms with Gasteiger partial charge < -0.3 is 19.4 Å². The van der Waals surface area contributed by atoms with Crippen LogP contribution in [0, 0.1) is 5.82 Å². The Kier molecular flexibility index (Phi) is 6.41. The van der Waals surface area contributed by atoms with E-state index in [0.717, 1.165) is 5.56 Å². The number of hydrogen-bond donors (Lipinski definition) is 1. The van der Waals surface area contributed by atoms with Crippen LogP contribution in [0.2, 0.25) is 0 Å². The normalized spacial score (nSPS) is 10.5. The molecule has 3 aromatic rings. The Morgan fingerprint density at radius 3 is 2.63 bits per heavy atom. The van der Waals surface area contributed by atoms with Crippen molar-refractivity contribution in [2.45, 2.75) is 19.9 Å².